The zero-order valence-corrected chi connectivity index (χ0v) is 8.38. The summed E-state index contributed by atoms with van der Waals surface area (Å²) in [6.45, 7) is 0. The van der Waals surface area contributed by atoms with Gasteiger partial charge in [0.2, 0.25) is 0 Å². The number of hydrogen-bond acceptors (Lipinski definition) is 3. The van der Waals surface area contributed by atoms with Crippen molar-refractivity contribution in [3.63, 3.8) is 0 Å². The Morgan fingerprint density at radius 3 is 2.69 bits per heavy atom. The van der Waals surface area contributed by atoms with E-state index in [2.05, 4.69) is 0 Å². The number of hydrogen-bond donors (Lipinski definition) is 0. The summed E-state index contributed by atoms with van der Waals surface area (Å²) in [5.41, 5.74) is 0.505. The average Bonchev–Trinajstić information content (AvgIpc) is 2.28. The molecule has 78 valence electrons. The molecule has 16 heavy (non-hydrogen) atoms. The Labute approximate surface area is 91.9 Å². The van der Waals surface area contributed by atoms with Crippen molar-refractivity contribution in [2.75, 3.05) is 0 Å². The maximum atomic E-state index is 11.0. The molecule has 4 nitrogen and oxygen atoms in total. The van der Waals surface area contributed by atoms with Gasteiger partial charge in [-0.3, -0.25) is 10.1 Å². The zero-order valence-electron chi connectivity index (χ0n) is 8.38. The van der Waals surface area contributed by atoms with E-state index in [9.17, 15) is 10.1 Å². The SMILES string of the molecule is N#CCc1ccc2ccccc2c1[N+](=O)[O-]. The summed E-state index contributed by atoms with van der Waals surface area (Å²) in [4.78, 5) is 10.6. The van der Waals surface area contributed by atoms with Gasteiger partial charge >= 0.3 is 0 Å². The fourth-order valence-electron chi connectivity index (χ4n) is 1.74. The summed E-state index contributed by atoms with van der Waals surface area (Å²) in [6, 6.07) is 12.5. The number of nitrogens with zero attached hydrogens (tertiary/aromatic N) is 2. The van der Waals surface area contributed by atoms with E-state index in [-0.39, 0.29) is 12.1 Å². The quantitative estimate of drug-likeness (QED) is 0.567. The first-order valence-electron chi connectivity index (χ1n) is 4.76. The maximum Gasteiger partial charge on any atom is 0.281 e. The third-order valence-electron chi connectivity index (χ3n) is 2.44. The van der Waals surface area contributed by atoms with Gasteiger partial charge in [0.1, 0.15) is 0 Å². The average molecular weight is 212 g/mol. The molecule has 0 saturated carbocycles. The van der Waals surface area contributed by atoms with Gasteiger partial charge in [0.25, 0.3) is 5.69 Å². The highest BCUT2D eigenvalue weighted by Crippen LogP contribution is 2.29. The van der Waals surface area contributed by atoms with Crippen molar-refractivity contribution in [3.05, 3.63) is 52.1 Å². The third kappa shape index (κ3) is 1.59. The Balaban J connectivity index is 2.80. The minimum absolute atomic E-state index is 0.0413. The smallest absolute Gasteiger partial charge is 0.258 e. The maximum absolute atomic E-state index is 11.0. The van der Waals surface area contributed by atoms with Crippen LogP contribution in [0.5, 0.6) is 0 Å². The summed E-state index contributed by atoms with van der Waals surface area (Å²) >= 11 is 0. The molecule has 0 bridgehead atoms. The molecule has 0 aromatic heterocycles. The van der Waals surface area contributed by atoms with Crippen LogP contribution in [0.4, 0.5) is 5.69 Å². The Bertz CT molecular complexity index is 599. The van der Waals surface area contributed by atoms with E-state index >= 15 is 0 Å². The Hall–Kier alpha value is -2.41. The van der Waals surface area contributed by atoms with E-state index in [1.165, 1.54) is 0 Å². The van der Waals surface area contributed by atoms with Crippen LogP contribution in [-0.2, 0) is 6.42 Å². The van der Waals surface area contributed by atoms with E-state index < -0.39 is 4.92 Å². The molecular formula is C12H8N2O2. The van der Waals surface area contributed by atoms with Gasteiger partial charge in [-0.05, 0) is 11.5 Å². The summed E-state index contributed by atoms with van der Waals surface area (Å²) < 4.78 is 0. The van der Waals surface area contributed by atoms with Crippen LogP contribution in [0.15, 0.2) is 36.4 Å². The lowest BCUT2D eigenvalue weighted by atomic mass is 10.0. The Morgan fingerprint density at radius 1 is 1.25 bits per heavy atom. The largest absolute Gasteiger partial charge is 0.281 e. The fraction of sp³-hybridized carbons (Fsp3) is 0.0833. The van der Waals surface area contributed by atoms with Gasteiger partial charge in [-0.2, -0.15) is 5.26 Å². The van der Waals surface area contributed by atoms with Crippen molar-refractivity contribution in [2.24, 2.45) is 0 Å². The number of nitriles is 1. The molecule has 2 rings (SSSR count). The molecule has 0 N–H and O–H groups in total. The van der Waals surface area contributed by atoms with Gasteiger partial charge in [-0.15, -0.1) is 0 Å². The zero-order chi connectivity index (χ0) is 11.5. The molecule has 0 spiro atoms. The van der Waals surface area contributed by atoms with Gasteiger partial charge in [0.05, 0.1) is 22.8 Å². The minimum atomic E-state index is -0.422. The van der Waals surface area contributed by atoms with Crippen LogP contribution in [-0.4, -0.2) is 4.92 Å². The van der Waals surface area contributed by atoms with Crippen molar-refractivity contribution < 1.29 is 4.92 Å². The second kappa shape index (κ2) is 3.99. The molecule has 0 atom stereocenters. The number of nitro benzene ring substituents is 1. The monoisotopic (exact) mass is 212 g/mol. The first kappa shape index (κ1) is 10.1. The topological polar surface area (TPSA) is 66.9 Å². The summed E-state index contributed by atoms with van der Waals surface area (Å²) in [5.74, 6) is 0. The lowest BCUT2D eigenvalue weighted by molar-refractivity contribution is -0.383. The molecule has 0 heterocycles. The van der Waals surface area contributed by atoms with Crippen molar-refractivity contribution in [1.29, 1.82) is 5.26 Å². The molecule has 0 saturated heterocycles. The predicted octanol–water partition coefficient (Wildman–Crippen LogP) is 2.81. The second-order valence-corrected chi connectivity index (χ2v) is 3.39. The molecule has 0 radical (unpaired) electrons. The summed E-state index contributed by atoms with van der Waals surface area (Å²) in [5, 5.41) is 21.0. The van der Waals surface area contributed by atoms with Crippen molar-refractivity contribution in [1.82, 2.24) is 0 Å². The standard InChI is InChI=1S/C12H8N2O2/c13-8-7-10-6-5-9-3-1-2-4-11(9)12(10)14(15)16/h1-6H,7H2. The van der Waals surface area contributed by atoms with E-state index in [0.717, 1.165) is 5.39 Å². The summed E-state index contributed by atoms with van der Waals surface area (Å²) in [7, 11) is 0. The highest BCUT2D eigenvalue weighted by Gasteiger charge is 2.17. The highest BCUT2D eigenvalue weighted by molar-refractivity contribution is 5.92. The molecule has 0 aliphatic carbocycles. The third-order valence-corrected chi connectivity index (χ3v) is 2.44. The van der Waals surface area contributed by atoms with Crippen LogP contribution in [0.2, 0.25) is 0 Å². The number of nitro groups is 1. The first-order valence-corrected chi connectivity index (χ1v) is 4.76. The molecule has 0 unspecified atom stereocenters. The van der Waals surface area contributed by atoms with Gasteiger partial charge in [0.15, 0.2) is 0 Å². The van der Waals surface area contributed by atoms with Gasteiger partial charge < -0.3 is 0 Å². The van der Waals surface area contributed by atoms with Crippen molar-refractivity contribution >= 4 is 16.5 Å². The van der Waals surface area contributed by atoms with Crippen LogP contribution in [0.1, 0.15) is 5.56 Å². The predicted molar refractivity (Wildman–Crippen MR) is 59.9 cm³/mol. The van der Waals surface area contributed by atoms with E-state index in [1.54, 1.807) is 24.3 Å². The van der Waals surface area contributed by atoms with Crippen molar-refractivity contribution in [2.45, 2.75) is 6.42 Å². The molecule has 2 aromatic rings. The second-order valence-electron chi connectivity index (χ2n) is 3.39. The van der Waals surface area contributed by atoms with E-state index in [1.807, 2.05) is 18.2 Å². The van der Waals surface area contributed by atoms with Crippen LogP contribution in [0.3, 0.4) is 0 Å². The van der Waals surface area contributed by atoms with Gasteiger partial charge in [-0.1, -0.05) is 30.3 Å². The van der Waals surface area contributed by atoms with Crippen LogP contribution in [0.25, 0.3) is 10.8 Å². The van der Waals surface area contributed by atoms with E-state index in [4.69, 9.17) is 5.26 Å². The molecular weight excluding hydrogens is 204 g/mol. The van der Waals surface area contributed by atoms with Gasteiger partial charge in [0, 0.05) is 5.56 Å². The molecule has 0 aliphatic heterocycles. The lowest BCUT2D eigenvalue weighted by Gasteiger charge is -2.02. The number of rotatable bonds is 2. The van der Waals surface area contributed by atoms with Gasteiger partial charge in [-0.25, -0.2) is 0 Å². The minimum Gasteiger partial charge on any atom is -0.258 e. The van der Waals surface area contributed by atoms with Crippen LogP contribution < -0.4 is 0 Å². The fourth-order valence-corrected chi connectivity index (χ4v) is 1.74. The van der Waals surface area contributed by atoms with Crippen molar-refractivity contribution in [3.8, 4) is 6.07 Å². The Kier molecular flexibility index (Phi) is 2.52. The summed E-state index contributed by atoms with van der Waals surface area (Å²) in [6.07, 6.45) is 0.0567. The number of benzene rings is 2. The number of fused-ring (bicyclic) bond motifs is 1. The van der Waals surface area contributed by atoms with Crippen LogP contribution >= 0.6 is 0 Å². The molecule has 0 amide bonds. The first-order chi connectivity index (χ1) is 7.74. The van der Waals surface area contributed by atoms with E-state index in [0.29, 0.717) is 10.9 Å². The Morgan fingerprint density at radius 2 is 2.00 bits per heavy atom. The van der Waals surface area contributed by atoms with Crippen LogP contribution in [0, 0.1) is 21.4 Å². The molecule has 4 heteroatoms. The highest BCUT2D eigenvalue weighted by atomic mass is 16.6. The normalized spacial score (nSPS) is 9.94. The molecule has 0 aliphatic rings. The lowest BCUT2D eigenvalue weighted by Crippen LogP contribution is -1.95. The molecule has 0 fully saturated rings. The molecule has 2 aromatic carbocycles.